The van der Waals surface area contributed by atoms with Gasteiger partial charge in [-0.25, -0.2) is 5.84 Å². The molecule has 5 nitrogen and oxygen atoms in total. The molecule has 0 saturated heterocycles. The van der Waals surface area contributed by atoms with E-state index in [-0.39, 0.29) is 5.91 Å². The number of methoxy groups -OCH3 is 1. The minimum Gasteiger partial charge on any atom is -0.497 e. The van der Waals surface area contributed by atoms with E-state index in [9.17, 15) is 4.79 Å². The summed E-state index contributed by atoms with van der Waals surface area (Å²) in [6, 6.07) is 13.7. The first-order chi connectivity index (χ1) is 10.2. The zero-order valence-corrected chi connectivity index (χ0v) is 11.8. The first-order valence-electron chi connectivity index (χ1n) is 6.73. The van der Waals surface area contributed by atoms with Gasteiger partial charge in [-0.05, 0) is 47.5 Å². The third kappa shape index (κ3) is 2.55. The number of rotatable bonds is 3. The fourth-order valence-electron chi connectivity index (χ4n) is 2.59. The number of carbonyl (C=O) groups is 1. The van der Waals surface area contributed by atoms with Crippen LogP contribution in [0.25, 0.3) is 0 Å². The van der Waals surface area contributed by atoms with Crippen LogP contribution in [0.2, 0.25) is 0 Å². The Balaban J connectivity index is 1.81. The molecule has 1 aliphatic rings. The third-order valence-corrected chi connectivity index (χ3v) is 3.76. The number of nitrogen functional groups attached to an aromatic ring is 1. The number of amides is 1. The molecule has 0 aliphatic carbocycles. The summed E-state index contributed by atoms with van der Waals surface area (Å²) in [7, 11) is 1.66. The van der Waals surface area contributed by atoms with Gasteiger partial charge in [-0.15, -0.1) is 0 Å². The van der Waals surface area contributed by atoms with Crippen LogP contribution in [0.5, 0.6) is 5.75 Å². The smallest absolute Gasteiger partial charge is 0.265 e. The monoisotopic (exact) mass is 283 g/mol. The molecule has 0 bridgehead atoms. The molecular formula is C16H17N3O2. The Morgan fingerprint density at radius 3 is 2.52 bits per heavy atom. The second kappa shape index (κ2) is 5.46. The molecule has 3 rings (SSSR count). The van der Waals surface area contributed by atoms with Gasteiger partial charge in [0, 0.05) is 24.3 Å². The van der Waals surface area contributed by atoms with Gasteiger partial charge >= 0.3 is 0 Å². The van der Waals surface area contributed by atoms with E-state index in [1.165, 1.54) is 5.56 Å². The average Bonchev–Trinajstić information content (AvgIpc) is 2.97. The van der Waals surface area contributed by atoms with Crippen LogP contribution in [-0.2, 0) is 13.1 Å². The highest BCUT2D eigenvalue weighted by Crippen LogP contribution is 2.29. The first-order valence-corrected chi connectivity index (χ1v) is 6.73. The SMILES string of the molecule is COc1ccc(N2Cc3ccc(C(=O)NN)cc3C2)cc1. The molecule has 1 aliphatic heterocycles. The number of fused-ring (bicyclic) bond motifs is 1. The Hall–Kier alpha value is -2.53. The van der Waals surface area contributed by atoms with E-state index >= 15 is 0 Å². The summed E-state index contributed by atoms with van der Waals surface area (Å²) in [6.45, 7) is 1.62. The van der Waals surface area contributed by atoms with Gasteiger partial charge in [0.1, 0.15) is 5.75 Å². The van der Waals surface area contributed by atoms with Crippen molar-refractivity contribution in [2.24, 2.45) is 5.84 Å². The van der Waals surface area contributed by atoms with Crippen molar-refractivity contribution < 1.29 is 9.53 Å². The lowest BCUT2D eigenvalue weighted by molar-refractivity contribution is 0.0953. The molecular weight excluding hydrogens is 266 g/mol. The molecule has 0 radical (unpaired) electrons. The van der Waals surface area contributed by atoms with Gasteiger partial charge in [-0.2, -0.15) is 0 Å². The summed E-state index contributed by atoms with van der Waals surface area (Å²) in [5, 5.41) is 0. The third-order valence-electron chi connectivity index (χ3n) is 3.76. The van der Waals surface area contributed by atoms with Crippen LogP contribution >= 0.6 is 0 Å². The van der Waals surface area contributed by atoms with E-state index in [0.29, 0.717) is 5.56 Å². The second-order valence-corrected chi connectivity index (χ2v) is 5.01. The fourth-order valence-corrected chi connectivity index (χ4v) is 2.59. The van der Waals surface area contributed by atoms with Gasteiger partial charge in [0.15, 0.2) is 0 Å². The minimum absolute atomic E-state index is 0.263. The topological polar surface area (TPSA) is 67.6 Å². The highest BCUT2D eigenvalue weighted by Gasteiger charge is 2.20. The van der Waals surface area contributed by atoms with E-state index in [2.05, 4.69) is 10.3 Å². The number of carbonyl (C=O) groups excluding carboxylic acids is 1. The molecule has 0 aromatic heterocycles. The van der Waals surface area contributed by atoms with Crippen molar-refractivity contribution in [3.8, 4) is 5.75 Å². The second-order valence-electron chi connectivity index (χ2n) is 5.01. The van der Waals surface area contributed by atoms with Gasteiger partial charge in [0.2, 0.25) is 0 Å². The highest BCUT2D eigenvalue weighted by molar-refractivity contribution is 5.94. The van der Waals surface area contributed by atoms with Crippen LogP contribution in [0.4, 0.5) is 5.69 Å². The molecule has 1 heterocycles. The fraction of sp³-hybridized carbons (Fsp3) is 0.188. The molecule has 108 valence electrons. The van der Waals surface area contributed by atoms with Crippen molar-refractivity contribution in [3.05, 3.63) is 59.2 Å². The Morgan fingerprint density at radius 1 is 1.14 bits per heavy atom. The van der Waals surface area contributed by atoms with E-state index in [0.717, 1.165) is 30.1 Å². The molecule has 2 aromatic carbocycles. The lowest BCUT2D eigenvalue weighted by atomic mass is 10.1. The lowest BCUT2D eigenvalue weighted by Crippen LogP contribution is -2.30. The maximum Gasteiger partial charge on any atom is 0.265 e. The van der Waals surface area contributed by atoms with Crippen LogP contribution in [0.3, 0.4) is 0 Å². The standard InChI is InChI=1S/C16H17N3O2/c1-21-15-6-4-14(5-7-15)19-9-12-3-2-11(16(20)18-17)8-13(12)10-19/h2-8H,9-10,17H2,1H3,(H,18,20). The molecule has 21 heavy (non-hydrogen) atoms. The molecule has 0 fully saturated rings. The van der Waals surface area contributed by atoms with Crippen molar-refractivity contribution in [2.45, 2.75) is 13.1 Å². The largest absolute Gasteiger partial charge is 0.497 e. The Labute approximate surface area is 123 Å². The summed E-state index contributed by atoms with van der Waals surface area (Å²) in [5.41, 5.74) is 6.28. The maximum atomic E-state index is 11.6. The number of hydrogen-bond acceptors (Lipinski definition) is 4. The average molecular weight is 283 g/mol. The summed E-state index contributed by atoms with van der Waals surface area (Å²) < 4.78 is 5.17. The molecule has 0 spiro atoms. The van der Waals surface area contributed by atoms with E-state index in [4.69, 9.17) is 10.6 Å². The number of ether oxygens (including phenoxy) is 1. The Bertz CT molecular complexity index is 668. The summed E-state index contributed by atoms with van der Waals surface area (Å²) in [5.74, 6) is 5.75. The molecule has 0 unspecified atom stereocenters. The predicted octanol–water partition coefficient (Wildman–Crippen LogP) is 1.82. The van der Waals surface area contributed by atoms with Gasteiger partial charge in [0.25, 0.3) is 5.91 Å². The van der Waals surface area contributed by atoms with E-state index < -0.39 is 0 Å². The lowest BCUT2D eigenvalue weighted by Gasteiger charge is -2.17. The van der Waals surface area contributed by atoms with Gasteiger partial charge in [-0.1, -0.05) is 6.07 Å². The summed E-state index contributed by atoms with van der Waals surface area (Å²) >= 11 is 0. The van der Waals surface area contributed by atoms with E-state index in [1.54, 1.807) is 13.2 Å². The van der Waals surface area contributed by atoms with Crippen LogP contribution in [0, 0.1) is 0 Å². The number of hydrazine groups is 1. The highest BCUT2D eigenvalue weighted by atomic mass is 16.5. The molecule has 0 atom stereocenters. The Morgan fingerprint density at radius 2 is 1.86 bits per heavy atom. The quantitative estimate of drug-likeness (QED) is 0.512. The maximum absolute atomic E-state index is 11.6. The van der Waals surface area contributed by atoms with Gasteiger partial charge in [-0.3, -0.25) is 10.2 Å². The van der Waals surface area contributed by atoms with Gasteiger partial charge < -0.3 is 9.64 Å². The number of nitrogens with two attached hydrogens (primary N) is 1. The van der Waals surface area contributed by atoms with Crippen molar-refractivity contribution in [1.82, 2.24) is 5.43 Å². The summed E-state index contributed by atoms with van der Waals surface area (Å²) in [4.78, 5) is 13.8. The van der Waals surface area contributed by atoms with E-state index in [1.807, 2.05) is 36.4 Å². The van der Waals surface area contributed by atoms with Crippen molar-refractivity contribution >= 4 is 11.6 Å². The number of nitrogens with one attached hydrogen (secondary N) is 1. The normalized spacial score (nSPS) is 13.0. The zero-order valence-electron chi connectivity index (χ0n) is 11.8. The first kappa shape index (κ1) is 13.5. The molecule has 0 saturated carbocycles. The molecule has 1 amide bonds. The van der Waals surface area contributed by atoms with Crippen molar-refractivity contribution in [2.75, 3.05) is 12.0 Å². The number of hydrogen-bond donors (Lipinski definition) is 2. The van der Waals surface area contributed by atoms with Crippen molar-refractivity contribution in [3.63, 3.8) is 0 Å². The summed E-state index contributed by atoms with van der Waals surface area (Å²) in [6.07, 6.45) is 0. The van der Waals surface area contributed by atoms with Crippen LogP contribution in [0.15, 0.2) is 42.5 Å². The molecule has 2 aromatic rings. The minimum atomic E-state index is -0.263. The number of nitrogens with zero attached hydrogens (tertiary/aromatic N) is 1. The van der Waals surface area contributed by atoms with Crippen molar-refractivity contribution in [1.29, 1.82) is 0 Å². The zero-order chi connectivity index (χ0) is 14.8. The van der Waals surface area contributed by atoms with Crippen LogP contribution < -0.4 is 20.9 Å². The number of anilines is 1. The van der Waals surface area contributed by atoms with Gasteiger partial charge in [0.05, 0.1) is 7.11 Å². The van der Waals surface area contributed by atoms with Crippen LogP contribution in [0.1, 0.15) is 21.5 Å². The number of benzene rings is 2. The molecule has 3 N–H and O–H groups in total. The molecule has 5 heteroatoms. The van der Waals surface area contributed by atoms with Crippen LogP contribution in [-0.4, -0.2) is 13.0 Å². The Kier molecular flexibility index (Phi) is 3.50. The predicted molar refractivity (Wildman–Crippen MR) is 81.0 cm³/mol.